The SMILES string of the molecule is CCOc1ccccc1CN1C(=O)c2nc3ccccc3n2C[C@]1(C)C(=O)NC1CCCC1. The maximum absolute atomic E-state index is 13.8. The summed E-state index contributed by atoms with van der Waals surface area (Å²) in [6.45, 7) is 4.96. The number of ether oxygens (including phenoxy) is 1. The first-order valence-electron chi connectivity index (χ1n) is 11.8. The molecule has 2 heterocycles. The Morgan fingerprint density at radius 3 is 2.67 bits per heavy atom. The molecule has 1 saturated carbocycles. The van der Waals surface area contributed by atoms with Gasteiger partial charge in [-0.2, -0.15) is 0 Å². The van der Waals surface area contributed by atoms with E-state index in [4.69, 9.17) is 4.74 Å². The smallest absolute Gasteiger partial charge is 0.291 e. The van der Waals surface area contributed by atoms with Crippen LogP contribution in [-0.4, -0.2) is 44.5 Å². The van der Waals surface area contributed by atoms with Crippen LogP contribution < -0.4 is 10.1 Å². The Hall–Kier alpha value is -3.35. The van der Waals surface area contributed by atoms with Crippen molar-refractivity contribution in [3.05, 3.63) is 59.9 Å². The summed E-state index contributed by atoms with van der Waals surface area (Å²) < 4.78 is 7.71. The van der Waals surface area contributed by atoms with Gasteiger partial charge in [0.05, 0.1) is 30.7 Å². The van der Waals surface area contributed by atoms with Gasteiger partial charge in [-0.25, -0.2) is 4.98 Å². The highest BCUT2D eigenvalue weighted by Crippen LogP contribution is 2.34. The zero-order valence-electron chi connectivity index (χ0n) is 19.2. The third-order valence-electron chi connectivity index (χ3n) is 6.93. The second-order valence-electron chi connectivity index (χ2n) is 9.17. The van der Waals surface area contributed by atoms with Gasteiger partial charge in [-0.15, -0.1) is 0 Å². The number of carbonyl (C=O) groups is 2. The van der Waals surface area contributed by atoms with Crippen molar-refractivity contribution in [2.75, 3.05) is 6.61 Å². The second-order valence-corrected chi connectivity index (χ2v) is 9.17. The third-order valence-corrected chi connectivity index (χ3v) is 6.93. The van der Waals surface area contributed by atoms with Crippen molar-refractivity contribution in [1.82, 2.24) is 19.8 Å². The van der Waals surface area contributed by atoms with Crippen LogP contribution in [0.3, 0.4) is 0 Å². The summed E-state index contributed by atoms with van der Waals surface area (Å²) in [5.74, 6) is 0.745. The van der Waals surface area contributed by atoms with Crippen molar-refractivity contribution < 1.29 is 14.3 Å². The van der Waals surface area contributed by atoms with Crippen LogP contribution in [0.25, 0.3) is 11.0 Å². The second kappa shape index (κ2) is 8.54. The number of hydrogen-bond acceptors (Lipinski definition) is 4. The molecule has 0 radical (unpaired) electrons. The van der Waals surface area contributed by atoms with Gasteiger partial charge in [0.25, 0.3) is 5.91 Å². The predicted octanol–water partition coefficient (Wildman–Crippen LogP) is 3.91. The largest absolute Gasteiger partial charge is 0.494 e. The van der Waals surface area contributed by atoms with Crippen LogP contribution >= 0.6 is 0 Å². The summed E-state index contributed by atoms with van der Waals surface area (Å²) in [5.41, 5.74) is 1.44. The van der Waals surface area contributed by atoms with Crippen LogP contribution in [0.1, 0.15) is 55.7 Å². The molecule has 172 valence electrons. The minimum absolute atomic E-state index is 0.111. The summed E-state index contributed by atoms with van der Waals surface area (Å²) in [6, 6.07) is 15.6. The highest BCUT2D eigenvalue weighted by Gasteiger charge is 2.49. The van der Waals surface area contributed by atoms with Crippen molar-refractivity contribution in [3.63, 3.8) is 0 Å². The molecule has 0 bridgehead atoms. The average molecular weight is 447 g/mol. The monoisotopic (exact) mass is 446 g/mol. The molecule has 0 saturated heterocycles. The molecule has 1 aromatic heterocycles. The fourth-order valence-electron chi connectivity index (χ4n) is 5.09. The molecule has 33 heavy (non-hydrogen) atoms. The van der Waals surface area contributed by atoms with Gasteiger partial charge < -0.3 is 19.5 Å². The normalized spacial score (nSPS) is 20.8. The van der Waals surface area contributed by atoms with Crippen molar-refractivity contribution in [1.29, 1.82) is 0 Å². The van der Waals surface area contributed by atoms with E-state index >= 15 is 0 Å². The zero-order chi connectivity index (χ0) is 23.0. The van der Waals surface area contributed by atoms with Gasteiger partial charge >= 0.3 is 0 Å². The molecule has 1 aliphatic carbocycles. The molecule has 3 aromatic rings. The summed E-state index contributed by atoms with van der Waals surface area (Å²) in [6.07, 6.45) is 4.23. The minimum Gasteiger partial charge on any atom is -0.494 e. The third kappa shape index (κ3) is 3.75. The lowest BCUT2D eigenvalue weighted by molar-refractivity contribution is -0.133. The molecule has 1 fully saturated rings. The van der Waals surface area contributed by atoms with Crippen molar-refractivity contribution in [2.45, 2.75) is 64.2 Å². The van der Waals surface area contributed by atoms with E-state index in [1.54, 1.807) is 4.90 Å². The Labute approximate surface area is 193 Å². The van der Waals surface area contributed by atoms with Crippen LogP contribution in [0.5, 0.6) is 5.75 Å². The van der Waals surface area contributed by atoms with Crippen LogP contribution in [0.15, 0.2) is 48.5 Å². The van der Waals surface area contributed by atoms with Crippen LogP contribution in [0.4, 0.5) is 0 Å². The van der Waals surface area contributed by atoms with Crippen molar-refractivity contribution in [3.8, 4) is 5.75 Å². The number of benzene rings is 2. The molecule has 1 atom stereocenters. The fraction of sp³-hybridized carbons (Fsp3) is 0.423. The Kier molecular flexibility index (Phi) is 5.56. The van der Waals surface area contributed by atoms with Gasteiger partial charge in [0.1, 0.15) is 11.3 Å². The number of nitrogens with one attached hydrogen (secondary N) is 1. The predicted molar refractivity (Wildman–Crippen MR) is 126 cm³/mol. The van der Waals surface area contributed by atoms with E-state index in [0.29, 0.717) is 19.0 Å². The van der Waals surface area contributed by atoms with E-state index in [1.807, 2.05) is 66.9 Å². The van der Waals surface area contributed by atoms with Crippen LogP contribution in [-0.2, 0) is 17.9 Å². The lowest BCUT2D eigenvalue weighted by Crippen LogP contribution is -2.64. The molecule has 2 amide bonds. The summed E-state index contributed by atoms with van der Waals surface area (Å²) >= 11 is 0. The topological polar surface area (TPSA) is 76.5 Å². The Morgan fingerprint density at radius 1 is 1.15 bits per heavy atom. The molecule has 1 N–H and O–H groups in total. The van der Waals surface area contributed by atoms with Gasteiger partial charge in [-0.1, -0.05) is 43.2 Å². The highest BCUT2D eigenvalue weighted by atomic mass is 16.5. The lowest BCUT2D eigenvalue weighted by Gasteiger charge is -2.44. The molecule has 7 heteroatoms. The lowest BCUT2D eigenvalue weighted by atomic mass is 9.93. The Balaban J connectivity index is 1.57. The first-order valence-corrected chi connectivity index (χ1v) is 11.8. The maximum atomic E-state index is 13.8. The molecule has 5 rings (SSSR count). The van der Waals surface area contributed by atoms with Gasteiger partial charge in [-0.05, 0) is 44.9 Å². The number of aromatic nitrogens is 2. The van der Waals surface area contributed by atoms with E-state index in [9.17, 15) is 9.59 Å². The fourth-order valence-corrected chi connectivity index (χ4v) is 5.09. The van der Waals surface area contributed by atoms with Gasteiger partial charge in [0.2, 0.25) is 5.91 Å². The van der Waals surface area contributed by atoms with Gasteiger partial charge in [0.15, 0.2) is 5.82 Å². The van der Waals surface area contributed by atoms with E-state index in [-0.39, 0.29) is 24.4 Å². The molecule has 2 aromatic carbocycles. The summed E-state index contributed by atoms with van der Waals surface area (Å²) in [4.78, 5) is 33.9. The molecular weight excluding hydrogens is 416 g/mol. The molecule has 1 aliphatic heterocycles. The van der Waals surface area contributed by atoms with E-state index in [2.05, 4.69) is 10.3 Å². The summed E-state index contributed by atoms with van der Waals surface area (Å²) in [5, 5.41) is 3.24. The number of nitrogens with zero attached hydrogens (tertiary/aromatic N) is 3. The molecular formula is C26H30N4O3. The first-order chi connectivity index (χ1) is 16.0. The Morgan fingerprint density at radius 2 is 1.88 bits per heavy atom. The van der Waals surface area contributed by atoms with Gasteiger partial charge in [0, 0.05) is 11.6 Å². The van der Waals surface area contributed by atoms with Crippen molar-refractivity contribution >= 4 is 22.8 Å². The number of carbonyl (C=O) groups excluding carboxylic acids is 2. The number of rotatable bonds is 6. The number of imidazole rings is 1. The first kappa shape index (κ1) is 21.5. The molecule has 7 nitrogen and oxygen atoms in total. The molecule has 0 spiro atoms. The average Bonchev–Trinajstić information content (AvgIpc) is 3.46. The van der Waals surface area contributed by atoms with Gasteiger partial charge in [-0.3, -0.25) is 9.59 Å². The van der Waals surface area contributed by atoms with E-state index < -0.39 is 5.54 Å². The summed E-state index contributed by atoms with van der Waals surface area (Å²) in [7, 11) is 0. The Bertz CT molecular complexity index is 1200. The van der Waals surface area contributed by atoms with Crippen LogP contribution in [0, 0.1) is 0 Å². The standard InChI is InChI=1S/C26H30N4O3/c1-3-33-22-15-9-4-10-18(22)16-30-24(31)23-28-20-13-7-8-14-21(20)29(23)17-26(30,2)25(32)27-19-11-5-6-12-19/h4,7-10,13-15,19H,3,5-6,11-12,16-17H2,1-2H3,(H,27,32)/t26-/m1/s1. The van der Waals surface area contributed by atoms with E-state index in [1.165, 1.54) is 0 Å². The zero-order valence-corrected chi connectivity index (χ0v) is 19.2. The van der Waals surface area contributed by atoms with Crippen molar-refractivity contribution in [2.24, 2.45) is 0 Å². The number of para-hydroxylation sites is 3. The quantitative estimate of drug-likeness (QED) is 0.623. The van der Waals surface area contributed by atoms with E-state index in [0.717, 1.165) is 48.0 Å². The highest BCUT2D eigenvalue weighted by molar-refractivity contribution is 6.01. The number of fused-ring (bicyclic) bond motifs is 3. The number of amides is 2. The maximum Gasteiger partial charge on any atom is 0.291 e. The van der Waals surface area contributed by atoms with Crippen LogP contribution in [0.2, 0.25) is 0 Å². The minimum atomic E-state index is -1.06. The number of hydrogen-bond donors (Lipinski definition) is 1. The molecule has 0 unspecified atom stereocenters. The molecule has 2 aliphatic rings.